The highest BCUT2D eigenvalue weighted by atomic mass is 16.5. The monoisotopic (exact) mass is 381 g/mol. The van der Waals surface area contributed by atoms with Gasteiger partial charge in [0.05, 0.1) is 7.11 Å². The lowest BCUT2D eigenvalue weighted by atomic mass is 9.98. The molecule has 2 nitrogen and oxygen atoms in total. The Morgan fingerprint density at radius 2 is 1.62 bits per heavy atom. The zero-order valence-electron chi connectivity index (χ0n) is 17.3. The third-order valence-corrected chi connectivity index (χ3v) is 5.53. The predicted molar refractivity (Wildman–Crippen MR) is 122 cm³/mol. The number of methoxy groups -OCH3 is 1. The zero-order chi connectivity index (χ0) is 20.2. The van der Waals surface area contributed by atoms with E-state index in [0.717, 1.165) is 17.9 Å². The third-order valence-electron chi connectivity index (χ3n) is 5.53. The molecule has 146 valence electrons. The first-order valence-corrected chi connectivity index (χ1v) is 10.1. The SMILES string of the molecule is COc1ccc(CNC(C)c2cccc3ccccc23)cc1-c1ccc(C)cc1. The van der Waals surface area contributed by atoms with Gasteiger partial charge in [0.25, 0.3) is 0 Å². The van der Waals surface area contributed by atoms with E-state index in [0.29, 0.717) is 0 Å². The molecule has 0 fully saturated rings. The van der Waals surface area contributed by atoms with Crippen molar-refractivity contribution in [1.29, 1.82) is 0 Å². The van der Waals surface area contributed by atoms with Crippen LogP contribution in [-0.2, 0) is 6.54 Å². The van der Waals surface area contributed by atoms with E-state index in [2.05, 4.69) is 104 Å². The average Bonchev–Trinajstić information content (AvgIpc) is 2.77. The lowest BCUT2D eigenvalue weighted by molar-refractivity contribution is 0.416. The van der Waals surface area contributed by atoms with Crippen molar-refractivity contribution in [2.45, 2.75) is 26.4 Å². The van der Waals surface area contributed by atoms with Crippen LogP contribution in [0.1, 0.15) is 29.7 Å². The lowest BCUT2D eigenvalue weighted by Crippen LogP contribution is -2.18. The molecule has 29 heavy (non-hydrogen) atoms. The summed E-state index contributed by atoms with van der Waals surface area (Å²) in [5.41, 5.74) is 6.14. The van der Waals surface area contributed by atoms with E-state index in [1.165, 1.54) is 33.0 Å². The van der Waals surface area contributed by atoms with Crippen LogP contribution in [0.5, 0.6) is 5.75 Å². The Balaban J connectivity index is 1.56. The minimum atomic E-state index is 0.256. The molecule has 0 aromatic heterocycles. The molecule has 1 unspecified atom stereocenters. The lowest BCUT2D eigenvalue weighted by Gasteiger charge is -2.18. The maximum absolute atomic E-state index is 5.61. The predicted octanol–water partition coefficient (Wildman–Crippen LogP) is 6.67. The molecule has 0 saturated heterocycles. The molecular formula is C27H27NO. The Morgan fingerprint density at radius 1 is 0.862 bits per heavy atom. The second kappa shape index (κ2) is 8.50. The van der Waals surface area contributed by atoms with Crippen molar-refractivity contribution in [3.05, 3.63) is 102 Å². The van der Waals surface area contributed by atoms with Crippen LogP contribution in [-0.4, -0.2) is 7.11 Å². The average molecular weight is 382 g/mol. The van der Waals surface area contributed by atoms with E-state index in [1.54, 1.807) is 7.11 Å². The van der Waals surface area contributed by atoms with Gasteiger partial charge in [-0.3, -0.25) is 0 Å². The molecule has 0 bridgehead atoms. The summed E-state index contributed by atoms with van der Waals surface area (Å²) < 4.78 is 5.61. The molecular weight excluding hydrogens is 354 g/mol. The Labute approximate surface area is 173 Å². The van der Waals surface area contributed by atoms with Gasteiger partial charge in [0, 0.05) is 18.2 Å². The molecule has 0 aliphatic heterocycles. The summed E-state index contributed by atoms with van der Waals surface area (Å²) >= 11 is 0. The highest BCUT2D eigenvalue weighted by Crippen LogP contribution is 2.31. The number of nitrogens with one attached hydrogen (secondary N) is 1. The summed E-state index contributed by atoms with van der Waals surface area (Å²) in [6.07, 6.45) is 0. The molecule has 4 aromatic rings. The van der Waals surface area contributed by atoms with Gasteiger partial charge < -0.3 is 10.1 Å². The van der Waals surface area contributed by atoms with Crippen LogP contribution in [0.4, 0.5) is 0 Å². The number of aryl methyl sites for hydroxylation is 1. The first kappa shape index (κ1) is 19.2. The normalized spacial score (nSPS) is 12.1. The van der Waals surface area contributed by atoms with Crippen molar-refractivity contribution < 1.29 is 4.74 Å². The van der Waals surface area contributed by atoms with Crippen molar-refractivity contribution >= 4 is 10.8 Å². The molecule has 0 radical (unpaired) electrons. The van der Waals surface area contributed by atoms with Gasteiger partial charge in [-0.25, -0.2) is 0 Å². The first-order chi connectivity index (χ1) is 14.2. The van der Waals surface area contributed by atoms with Gasteiger partial charge in [-0.15, -0.1) is 0 Å². The number of benzene rings is 4. The van der Waals surface area contributed by atoms with Gasteiger partial charge in [-0.1, -0.05) is 78.4 Å². The Hall–Kier alpha value is -3.10. The van der Waals surface area contributed by atoms with Crippen LogP contribution in [0.25, 0.3) is 21.9 Å². The van der Waals surface area contributed by atoms with Gasteiger partial charge in [-0.05, 0) is 53.4 Å². The number of hydrogen-bond donors (Lipinski definition) is 1. The van der Waals surface area contributed by atoms with Gasteiger partial charge in [0.2, 0.25) is 0 Å². The van der Waals surface area contributed by atoms with Crippen LogP contribution in [0, 0.1) is 6.92 Å². The van der Waals surface area contributed by atoms with Crippen LogP contribution >= 0.6 is 0 Å². The Bertz CT molecular complexity index is 1110. The Kier molecular flexibility index (Phi) is 5.64. The van der Waals surface area contributed by atoms with E-state index < -0.39 is 0 Å². The zero-order valence-corrected chi connectivity index (χ0v) is 17.3. The van der Waals surface area contributed by atoms with Crippen LogP contribution < -0.4 is 10.1 Å². The van der Waals surface area contributed by atoms with Crippen molar-refractivity contribution in [1.82, 2.24) is 5.32 Å². The minimum Gasteiger partial charge on any atom is -0.496 e. The molecule has 4 aromatic carbocycles. The van der Waals surface area contributed by atoms with Crippen molar-refractivity contribution in [2.75, 3.05) is 7.11 Å². The molecule has 2 heteroatoms. The smallest absolute Gasteiger partial charge is 0.126 e. The molecule has 0 spiro atoms. The van der Waals surface area contributed by atoms with Gasteiger partial charge in [-0.2, -0.15) is 0 Å². The molecule has 1 atom stereocenters. The molecule has 0 heterocycles. The molecule has 0 amide bonds. The number of fused-ring (bicyclic) bond motifs is 1. The van der Waals surface area contributed by atoms with Crippen LogP contribution in [0.2, 0.25) is 0 Å². The number of hydrogen-bond acceptors (Lipinski definition) is 2. The fourth-order valence-corrected chi connectivity index (χ4v) is 3.83. The third kappa shape index (κ3) is 4.18. The van der Waals surface area contributed by atoms with E-state index in [9.17, 15) is 0 Å². The van der Waals surface area contributed by atoms with Crippen molar-refractivity contribution in [3.63, 3.8) is 0 Å². The maximum atomic E-state index is 5.61. The van der Waals surface area contributed by atoms with E-state index >= 15 is 0 Å². The van der Waals surface area contributed by atoms with Crippen LogP contribution in [0.15, 0.2) is 84.9 Å². The standard InChI is InChI=1S/C27H27NO/c1-19-11-14-23(15-12-19)26-17-21(13-16-27(26)29-3)18-28-20(2)24-10-6-8-22-7-4-5-9-25(22)24/h4-17,20,28H,18H2,1-3H3. The first-order valence-electron chi connectivity index (χ1n) is 10.1. The highest BCUT2D eigenvalue weighted by Gasteiger charge is 2.11. The molecule has 1 N–H and O–H groups in total. The van der Waals surface area contributed by atoms with Gasteiger partial charge in [0.15, 0.2) is 0 Å². The summed E-state index contributed by atoms with van der Waals surface area (Å²) in [5, 5.41) is 6.28. The fraction of sp³-hybridized carbons (Fsp3) is 0.185. The summed E-state index contributed by atoms with van der Waals surface area (Å²) in [6, 6.07) is 30.4. The topological polar surface area (TPSA) is 21.3 Å². The second-order valence-electron chi connectivity index (χ2n) is 7.57. The summed E-state index contributed by atoms with van der Waals surface area (Å²) in [6.45, 7) is 5.13. The second-order valence-corrected chi connectivity index (χ2v) is 7.57. The van der Waals surface area contributed by atoms with Gasteiger partial charge >= 0.3 is 0 Å². The maximum Gasteiger partial charge on any atom is 0.126 e. The largest absolute Gasteiger partial charge is 0.496 e. The number of ether oxygens (including phenoxy) is 1. The summed E-state index contributed by atoms with van der Waals surface area (Å²) in [4.78, 5) is 0. The van der Waals surface area contributed by atoms with Crippen molar-refractivity contribution in [2.24, 2.45) is 0 Å². The fourth-order valence-electron chi connectivity index (χ4n) is 3.83. The van der Waals surface area contributed by atoms with E-state index in [1.807, 2.05) is 0 Å². The van der Waals surface area contributed by atoms with E-state index in [-0.39, 0.29) is 6.04 Å². The molecule has 0 saturated carbocycles. The van der Waals surface area contributed by atoms with E-state index in [4.69, 9.17) is 4.74 Å². The minimum absolute atomic E-state index is 0.256. The van der Waals surface area contributed by atoms with Crippen LogP contribution in [0.3, 0.4) is 0 Å². The number of rotatable bonds is 6. The Morgan fingerprint density at radius 3 is 2.41 bits per heavy atom. The highest BCUT2D eigenvalue weighted by molar-refractivity contribution is 5.86. The van der Waals surface area contributed by atoms with Crippen molar-refractivity contribution in [3.8, 4) is 16.9 Å². The molecule has 0 aliphatic carbocycles. The molecule has 0 aliphatic rings. The quantitative estimate of drug-likeness (QED) is 0.402. The summed E-state index contributed by atoms with van der Waals surface area (Å²) in [5.74, 6) is 0.903. The summed E-state index contributed by atoms with van der Waals surface area (Å²) in [7, 11) is 1.73. The van der Waals surface area contributed by atoms with Gasteiger partial charge in [0.1, 0.15) is 5.75 Å². The molecule has 4 rings (SSSR count).